The lowest BCUT2D eigenvalue weighted by atomic mass is 10.1. The second-order valence-corrected chi connectivity index (χ2v) is 6.48. The SMILES string of the molecule is CCc1ccc2c(NC(CCNC)NC)c3c(C)nn(C)c3nc2c1. The van der Waals surface area contributed by atoms with Gasteiger partial charge in [-0.1, -0.05) is 19.1 Å². The fraction of sp³-hybridized carbons (Fsp3) is 0.474. The predicted molar refractivity (Wildman–Crippen MR) is 105 cm³/mol. The lowest BCUT2D eigenvalue weighted by Gasteiger charge is -2.21. The van der Waals surface area contributed by atoms with Crippen molar-refractivity contribution in [3.8, 4) is 0 Å². The van der Waals surface area contributed by atoms with Gasteiger partial charge in [-0.2, -0.15) is 5.10 Å². The Kier molecular flexibility index (Phi) is 5.20. The van der Waals surface area contributed by atoms with Crippen molar-refractivity contribution in [2.45, 2.75) is 32.9 Å². The minimum atomic E-state index is 0.173. The Morgan fingerprint density at radius 3 is 2.72 bits per heavy atom. The van der Waals surface area contributed by atoms with Gasteiger partial charge in [0.2, 0.25) is 0 Å². The second kappa shape index (κ2) is 7.37. The first kappa shape index (κ1) is 17.6. The van der Waals surface area contributed by atoms with Crippen LogP contribution in [0.4, 0.5) is 5.69 Å². The molecular weight excluding hydrogens is 312 g/mol. The summed E-state index contributed by atoms with van der Waals surface area (Å²) in [5.41, 5.74) is 5.34. The molecule has 3 N–H and O–H groups in total. The fourth-order valence-electron chi connectivity index (χ4n) is 3.32. The highest BCUT2D eigenvalue weighted by Crippen LogP contribution is 2.33. The third-order valence-corrected chi connectivity index (χ3v) is 4.76. The van der Waals surface area contributed by atoms with Crippen molar-refractivity contribution in [1.82, 2.24) is 25.4 Å². The summed E-state index contributed by atoms with van der Waals surface area (Å²) in [6, 6.07) is 6.55. The lowest BCUT2D eigenvalue weighted by Crippen LogP contribution is -2.36. The molecule has 6 heteroatoms. The van der Waals surface area contributed by atoms with Gasteiger partial charge >= 0.3 is 0 Å². The first-order valence-electron chi connectivity index (χ1n) is 8.93. The number of hydrogen-bond donors (Lipinski definition) is 3. The highest BCUT2D eigenvalue weighted by atomic mass is 15.3. The van der Waals surface area contributed by atoms with E-state index in [1.54, 1.807) is 0 Å². The Morgan fingerprint density at radius 1 is 1.24 bits per heavy atom. The van der Waals surface area contributed by atoms with Crippen LogP contribution in [0.25, 0.3) is 21.9 Å². The maximum Gasteiger partial charge on any atom is 0.160 e. The zero-order valence-electron chi connectivity index (χ0n) is 15.8. The van der Waals surface area contributed by atoms with E-state index in [-0.39, 0.29) is 6.17 Å². The molecule has 0 saturated carbocycles. The molecule has 1 atom stereocenters. The van der Waals surface area contributed by atoms with E-state index in [1.807, 2.05) is 32.7 Å². The van der Waals surface area contributed by atoms with E-state index in [2.05, 4.69) is 46.2 Å². The van der Waals surface area contributed by atoms with Crippen LogP contribution in [0.3, 0.4) is 0 Å². The van der Waals surface area contributed by atoms with Gasteiger partial charge in [-0.15, -0.1) is 0 Å². The molecule has 3 aromatic rings. The van der Waals surface area contributed by atoms with Gasteiger partial charge in [0.25, 0.3) is 0 Å². The monoisotopic (exact) mass is 340 g/mol. The zero-order valence-corrected chi connectivity index (χ0v) is 15.8. The molecule has 0 saturated heterocycles. The van der Waals surface area contributed by atoms with Crippen LogP contribution < -0.4 is 16.0 Å². The van der Waals surface area contributed by atoms with Gasteiger partial charge in [-0.05, 0) is 52.0 Å². The highest BCUT2D eigenvalue weighted by molar-refractivity contribution is 6.07. The zero-order chi connectivity index (χ0) is 18.0. The number of benzene rings is 1. The molecular formula is C19H28N6. The molecule has 0 aliphatic heterocycles. The molecule has 0 spiro atoms. The number of aromatic nitrogens is 3. The molecule has 6 nitrogen and oxygen atoms in total. The smallest absolute Gasteiger partial charge is 0.160 e. The van der Waals surface area contributed by atoms with Gasteiger partial charge in [0.1, 0.15) is 0 Å². The number of nitrogens with zero attached hydrogens (tertiary/aromatic N) is 3. The maximum absolute atomic E-state index is 4.89. The van der Waals surface area contributed by atoms with Crippen molar-refractivity contribution in [2.75, 3.05) is 26.0 Å². The van der Waals surface area contributed by atoms with Crippen LogP contribution in [0, 0.1) is 6.92 Å². The van der Waals surface area contributed by atoms with Crippen LogP contribution in [0.1, 0.15) is 24.6 Å². The summed E-state index contributed by atoms with van der Waals surface area (Å²) >= 11 is 0. The summed E-state index contributed by atoms with van der Waals surface area (Å²) in [4.78, 5) is 4.89. The molecule has 1 aromatic carbocycles. The van der Waals surface area contributed by atoms with Crippen LogP contribution in [0.15, 0.2) is 18.2 Å². The lowest BCUT2D eigenvalue weighted by molar-refractivity contribution is 0.559. The third-order valence-electron chi connectivity index (χ3n) is 4.76. The summed E-state index contributed by atoms with van der Waals surface area (Å²) in [6.45, 7) is 5.15. The average molecular weight is 340 g/mol. The molecule has 0 radical (unpaired) electrons. The summed E-state index contributed by atoms with van der Waals surface area (Å²) in [7, 11) is 5.92. The van der Waals surface area contributed by atoms with E-state index in [1.165, 1.54) is 5.56 Å². The number of pyridine rings is 1. The first-order chi connectivity index (χ1) is 12.1. The average Bonchev–Trinajstić information content (AvgIpc) is 2.91. The standard InChI is InChI=1S/C19H28N6/c1-6-13-7-8-14-15(11-13)22-19-17(12(2)24-25(19)5)18(14)23-16(21-4)9-10-20-3/h7-8,11,16,20-21H,6,9-10H2,1-5H3,(H,22,23). The van der Waals surface area contributed by atoms with Crippen molar-refractivity contribution in [2.24, 2.45) is 7.05 Å². The number of aryl methyl sites for hydroxylation is 3. The number of nitrogens with one attached hydrogen (secondary N) is 3. The van der Waals surface area contributed by atoms with Gasteiger partial charge in [0.15, 0.2) is 5.65 Å². The molecule has 0 amide bonds. The predicted octanol–water partition coefficient (Wildman–Crippen LogP) is 2.56. The summed E-state index contributed by atoms with van der Waals surface area (Å²) in [5, 5.41) is 17.1. The van der Waals surface area contributed by atoms with Crippen molar-refractivity contribution in [1.29, 1.82) is 0 Å². The third kappa shape index (κ3) is 3.32. The van der Waals surface area contributed by atoms with Gasteiger partial charge < -0.3 is 16.0 Å². The Bertz CT molecular complexity index is 883. The van der Waals surface area contributed by atoms with Crippen LogP contribution in [0.2, 0.25) is 0 Å². The highest BCUT2D eigenvalue weighted by Gasteiger charge is 2.18. The minimum Gasteiger partial charge on any atom is -0.369 e. The summed E-state index contributed by atoms with van der Waals surface area (Å²) in [5.74, 6) is 0. The van der Waals surface area contributed by atoms with E-state index in [9.17, 15) is 0 Å². The van der Waals surface area contributed by atoms with Gasteiger partial charge in [-0.3, -0.25) is 4.68 Å². The van der Waals surface area contributed by atoms with E-state index >= 15 is 0 Å². The van der Waals surface area contributed by atoms with E-state index in [0.717, 1.165) is 52.7 Å². The number of fused-ring (bicyclic) bond motifs is 2. The Labute approximate surface area is 149 Å². The molecule has 0 fully saturated rings. The number of hydrogen-bond acceptors (Lipinski definition) is 5. The van der Waals surface area contributed by atoms with Crippen LogP contribution in [-0.4, -0.2) is 41.6 Å². The van der Waals surface area contributed by atoms with Crippen molar-refractivity contribution in [3.05, 3.63) is 29.5 Å². The normalized spacial score (nSPS) is 12.8. The Balaban J connectivity index is 2.20. The number of anilines is 1. The van der Waals surface area contributed by atoms with Crippen molar-refractivity contribution < 1.29 is 0 Å². The first-order valence-corrected chi connectivity index (χ1v) is 8.93. The molecule has 0 aliphatic rings. The molecule has 1 unspecified atom stereocenters. The van der Waals surface area contributed by atoms with Crippen LogP contribution >= 0.6 is 0 Å². The van der Waals surface area contributed by atoms with Gasteiger partial charge in [0.05, 0.1) is 28.5 Å². The maximum atomic E-state index is 4.89. The van der Waals surface area contributed by atoms with E-state index < -0.39 is 0 Å². The Morgan fingerprint density at radius 2 is 2.04 bits per heavy atom. The van der Waals surface area contributed by atoms with Crippen molar-refractivity contribution >= 4 is 27.6 Å². The molecule has 0 bridgehead atoms. The topological polar surface area (TPSA) is 66.8 Å². The fourth-order valence-corrected chi connectivity index (χ4v) is 3.32. The minimum absolute atomic E-state index is 0.173. The van der Waals surface area contributed by atoms with Gasteiger partial charge in [0, 0.05) is 12.4 Å². The van der Waals surface area contributed by atoms with Crippen molar-refractivity contribution in [3.63, 3.8) is 0 Å². The largest absolute Gasteiger partial charge is 0.369 e. The summed E-state index contributed by atoms with van der Waals surface area (Å²) < 4.78 is 1.87. The second-order valence-electron chi connectivity index (χ2n) is 6.48. The molecule has 2 aromatic heterocycles. The molecule has 2 heterocycles. The molecule has 25 heavy (non-hydrogen) atoms. The van der Waals surface area contributed by atoms with Gasteiger partial charge in [-0.25, -0.2) is 4.98 Å². The summed E-state index contributed by atoms with van der Waals surface area (Å²) in [6.07, 6.45) is 2.15. The molecule has 3 rings (SSSR count). The van der Waals surface area contributed by atoms with Crippen LogP contribution in [0.5, 0.6) is 0 Å². The molecule has 134 valence electrons. The van der Waals surface area contributed by atoms with Crippen LogP contribution in [-0.2, 0) is 13.5 Å². The Hall–Kier alpha value is -2.18. The number of rotatable bonds is 7. The van der Waals surface area contributed by atoms with E-state index in [0.29, 0.717) is 0 Å². The molecule has 0 aliphatic carbocycles. The quantitative estimate of drug-likeness (QED) is 0.577. The van der Waals surface area contributed by atoms with E-state index in [4.69, 9.17) is 4.98 Å².